The van der Waals surface area contributed by atoms with E-state index in [1.54, 1.807) is 24.9 Å². The van der Waals surface area contributed by atoms with Gasteiger partial charge in [-0.25, -0.2) is 14.4 Å². The lowest BCUT2D eigenvalue weighted by molar-refractivity contribution is 0.0932. The molecule has 1 aliphatic rings. The van der Waals surface area contributed by atoms with Crippen molar-refractivity contribution in [1.29, 1.82) is 0 Å². The van der Waals surface area contributed by atoms with Crippen LogP contribution in [-0.4, -0.2) is 61.6 Å². The fourth-order valence-corrected chi connectivity index (χ4v) is 3.83. The fraction of sp³-hybridized carbons (Fsp3) is 0.318. The van der Waals surface area contributed by atoms with Crippen molar-refractivity contribution in [3.63, 3.8) is 0 Å². The van der Waals surface area contributed by atoms with E-state index >= 15 is 0 Å². The molecule has 1 aliphatic heterocycles. The smallest absolute Gasteiger partial charge is 0.256 e. The number of amides is 1. The number of nitrogens with two attached hydrogens (primary N) is 1. The molecule has 0 aliphatic carbocycles. The summed E-state index contributed by atoms with van der Waals surface area (Å²) in [5.41, 5.74) is 8.78. The summed E-state index contributed by atoms with van der Waals surface area (Å²) in [5, 5.41) is 14.7. The monoisotopic (exact) mass is 481 g/mol. The van der Waals surface area contributed by atoms with Crippen LogP contribution in [0.5, 0.6) is 5.88 Å². The summed E-state index contributed by atoms with van der Waals surface area (Å²) in [7, 11) is 1.62. The quantitative estimate of drug-likeness (QED) is 0.394. The molecule has 5 rings (SSSR count). The van der Waals surface area contributed by atoms with Gasteiger partial charge >= 0.3 is 0 Å². The Bertz CT molecular complexity index is 1400. The average molecular weight is 481 g/mol. The van der Waals surface area contributed by atoms with Gasteiger partial charge in [-0.15, -0.1) is 0 Å². The van der Waals surface area contributed by atoms with E-state index in [9.17, 15) is 9.18 Å². The van der Waals surface area contributed by atoms with Gasteiger partial charge in [0, 0.05) is 31.0 Å². The zero-order chi connectivity index (χ0) is 24.5. The number of carbonyl (C=O) groups excluding carboxylic acids is 1. The van der Waals surface area contributed by atoms with Crippen LogP contribution in [0.25, 0.3) is 16.8 Å². The van der Waals surface area contributed by atoms with E-state index in [2.05, 4.69) is 30.8 Å². The first-order valence-electron chi connectivity index (χ1n) is 11.0. The van der Waals surface area contributed by atoms with E-state index in [-0.39, 0.29) is 41.9 Å². The zero-order valence-electron chi connectivity index (χ0n) is 19.2. The molecule has 12 nitrogen and oxygen atoms in total. The third-order valence-electron chi connectivity index (χ3n) is 5.57. The van der Waals surface area contributed by atoms with Crippen molar-refractivity contribution < 1.29 is 18.7 Å². The highest BCUT2D eigenvalue weighted by molar-refractivity contribution is 6.01. The van der Waals surface area contributed by atoms with Gasteiger partial charge in [0.25, 0.3) is 5.91 Å². The number of nitrogens with zero attached hydrogens (tertiary/aromatic N) is 6. The zero-order valence-corrected chi connectivity index (χ0v) is 19.2. The largest absolute Gasteiger partial charge is 0.473 e. The molecule has 0 saturated carbocycles. The van der Waals surface area contributed by atoms with E-state index < -0.39 is 11.9 Å². The lowest BCUT2D eigenvalue weighted by Crippen LogP contribution is -2.33. The number of carbonyl (C=O) groups is 1. The normalized spacial score (nSPS) is 16.0. The molecule has 2 bridgehead atoms. The number of ether oxygens (including phenoxy) is 2. The standard InChI is InChI=1S/C22H24FN9O3/c1-12-6-26-21(33)16-10-29-32-18(24)17(14-8-28-31(11-14)3-4-34-2)19(30-20(16)32)25-7-13-5-15(23)9-27-22(13)35-12/h5,8-12H,3-4,6-7,24H2,1-2H3,(H,25,30)(H,26,33)/t12-/m0/s1. The Morgan fingerprint density at radius 3 is 2.97 bits per heavy atom. The summed E-state index contributed by atoms with van der Waals surface area (Å²) >= 11 is 0. The molecule has 4 N–H and O–H groups in total. The maximum atomic E-state index is 14.0. The first kappa shape index (κ1) is 22.5. The lowest BCUT2D eigenvalue weighted by atomic mass is 10.1. The van der Waals surface area contributed by atoms with E-state index in [0.29, 0.717) is 35.7 Å². The van der Waals surface area contributed by atoms with E-state index in [1.807, 2.05) is 6.20 Å². The van der Waals surface area contributed by atoms with Crippen LogP contribution in [0.15, 0.2) is 30.9 Å². The van der Waals surface area contributed by atoms with Crippen LogP contribution in [0, 0.1) is 5.82 Å². The molecule has 4 aromatic heterocycles. The Morgan fingerprint density at radius 1 is 1.29 bits per heavy atom. The Morgan fingerprint density at radius 2 is 2.14 bits per heavy atom. The summed E-state index contributed by atoms with van der Waals surface area (Å²) in [5.74, 6) is 0.0178. The first-order valence-corrected chi connectivity index (χ1v) is 11.0. The van der Waals surface area contributed by atoms with Gasteiger partial charge in [-0.3, -0.25) is 9.48 Å². The molecular formula is C22H24FN9O3. The Hall–Kier alpha value is -4.26. The van der Waals surface area contributed by atoms with Crippen molar-refractivity contribution in [3.8, 4) is 17.0 Å². The van der Waals surface area contributed by atoms with Crippen LogP contribution in [0.4, 0.5) is 16.0 Å². The predicted molar refractivity (Wildman–Crippen MR) is 124 cm³/mol. The van der Waals surface area contributed by atoms with Crippen LogP contribution >= 0.6 is 0 Å². The van der Waals surface area contributed by atoms with Gasteiger partial charge < -0.3 is 25.8 Å². The van der Waals surface area contributed by atoms with Crippen molar-refractivity contribution in [1.82, 2.24) is 34.7 Å². The van der Waals surface area contributed by atoms with Crippen LogP contribution in [0.1, 0.15) is 22.8 Å². The van der Waals surface area contributed by atoms with Crippen LogP contribution < -0.4 is 21.1 Å². The third kappa shape index (κ3) is 4.33. The minimum atomic E-state index is -0.500. The summed E-state index contributed by atoms with van der Waals surface area (Å²) < 4.78 is 28.2. The van der Waals surface area contributed by atoms with Crippen molar-refractivity contribution in [2.45, 2.75) is 26.1 Å². The number of nitrogens with one attached hydrogen (secondary N) is 2. The summed E-state index contributed by atoms with van der Waals surface area (Å²) in [4.78, 5) is 21.7. The number of hydrogen-bond donors (Lipinski definition) is 3. The second-order valence-corrected chi connectivity index (χ2v) is 8.11. The molecule has 0 radical (unpaired) electrons. The van der Waals surface area contributed by atoms with Crippen LogP contribution in [-0.2, 0) is 17.8 Å². The third-order valence-corrected chi connectivity index (χ3v) is 5.57. The molecule has 0 spiro atoms. The number of aromatic nitrogens is 6. The number of fused-ring (bicyclic) bond motifs is 2. The van der Waals surface area contributed by atoms with Crippen LogP contribution in [0.2, 0.25) is 0 Å². The number of methoxy groups -OCH3 is 1. The number of rotatable bonds is 4. The maximum absolute atomic E-state index is 14.0. The number of nitrogen functional groups attached to an aromatic ring is 1. The topological polar surface area (TPSA) is 147 Å². The molecule has 4 aromatic rings. The molecule has 0 aromatic carbocycles. The van der Waals surface area contributed by atoms with Gasteiger partial charge in [0.1, 0.15) is 29.1 Å². The molecule has 35 heavy (non-hydrogen) atoms. The van der Waals surface area contributed by atoms with Gasteiger partial charge in [0.2, 0.25) is 5.88 Å². The Kier molecular flexibility index (Phi) is 5.91. The van der Waals surface area contributed by atoms with Gasteiger partial charge in [-0.05, 0) is 13.0 Å². The van der Waals surface area contributed by atoms with E-state index in [1.165, 1.54) is 16.8 Å². The molecule has 5 heterocycles. The highest BCUT2D eigenvalue weighted by Gasteiger charge is 2.24. The number of pyridine rings is 1. The van der Waals surface area contributed by atoms with Gasteiger partial charge in [0.15, 0.2) is 5.65 Å². The molecule has 0 fully saturated rings. The second-order valence-electron chi connectivity index (χ2n) is 8.11. The van der Waals surface area contributed by atoms with Crippen LogP contribution in [0.3, 0.4) is 0 Å². The summed E-state index contributed by atoms with van der Waals surface area (Å²) in [6, 6.07) is 1.34. The number of anilines is 2. The van der Waals surface area contributed by atoms with E-state index in [4.69, 9.17) is 15.2 Å². The Balaban J connectivity index is 1.65. The highest BCUT2D eigenvalue weighted by atomic mass is 19.1. The Labute approximate surface area is 199 Å². The minimum absolute atomic E-state index is 0.144. The average Bonchev–Trinajstić information content (AvgIpc) is 3.48. The van der Waals surface area contributed by atoms with Crippen molar-refractivity contribution in [3.05, 3.63) is 47.8 Å². The SMILES string of the molecule is COCCn1cc(-c2c3nc4c(cnn4c2N)C(=O)NC[C@H](C)Oc2ncc(F)cc2CN3)cn1. The fourth-order valence-electron chi connectivity index (χ4n) is 3.83. The maximum Gasteiger partial charge on any atom is 0.256 e. The molecule has 182 valence electrons. The van der Waals surface area contributed by atoms with Gasteiger partial charge in [0.05, 0.1) is 43.9 Å². The molecule has 1 atom stereocenters. The van der Waals surface area contributed by atoms with Crippen molar-refractivity contribution in [2.75, 3.05) is 31.3 Å². The number of hydrogen-bond acceptors (Lipinski definition) is 9. The molecular weight excluding hydrogens is 457 g/mol. The summed E-state index contributed by atoms with van der Waals surface area (Å²) in [6.45, 7) is 3.17. The molecule has 1 amide bonds. The van der Waals surface area contributed by atoms with E-state index in [0.717, 1.165) is 6.20 Å². The number of halogens is 1. The van der Waals surface area contributed by atoms with Gasteiger partial charge in [-0.1, -0.05) is 0 Å². The first-order chi connectivity index (χ1) is 16.9. The molecule has 13 heteroatoms. The second kappa shape index (κ2) is 9.18. The lowest BCUT2D eigenvalue weighted by Gasteiger charge is -2.17. The van der Waals surface area contributed by atoms with Crippen molar-refractivity contribution >= 4 is 23.2 Å². The molecule has 0 saturated heterocycles. The van der Waals surface area contributed by atoms with Crippen molar-refractivity contribution in [2.24, 2.45) is 0 Å². The highest BCUT2D eigenvalue weighted by Crippen LogP contribution is 2.34. The minimum Gasteiger partial charge on any atom is -0.473 e. The predicted octanol–water partition coefficient (Wildman–Crippen LogP) is 1.48. The molecule has 0 unspecified atom stereocenters. The summed E-state index contributed by atoms with van der Waals surface area (Å²) in [6.07, 6.45) is 5.56. The van der Waals surface area contributed by atoms with Gasteiger partial charge in [-0.2, -0.15) is 14.7 Å².